The second-order valence-electron chi connectivity index (χ2n) is 6.20. The summed E-state index contributed by atoms with van der Waals surface area (Å²) in [7, 11) is 0. The van der Waals surface area contributed by atoms with E-state index in [2.05, 4.69) is 41.3 Å². The molecule has 1 atom stereocenters. The summed E-state index contributed by atoms with van der Waals surface area (Å²) < 4.78 is 0. The third-order valence-electron chi connectivity index (χ3n) is 3.83. The van der Waals surface area contributed by atoms with Crippen LogP contribution in [-0.2, 0) is 6.42 Å². The quantitative estimate of drug-likeness (QED) is 0.539. The van der Waals surface area contributed by atoms with Crippen molar-refractivity contribution in [3.8, 4) is 0 Å². The highest BCUT2D eigenvalue weighted by molar-refractivity contribution is 5.92. The average Bonchev–Trinajstić information content (AvgIpc) is 2.59. The molecular formula is C19H26N4O. The molecule has 0 radical (unpaired) electrons. The van der Waals surface area contributed by atoms with Gasteiger partial charge in [-0.25, -0.2) is 0 Å². The molecule has 0 spiro atoms. The van der Waals surface area contributed by atoms with Crippen LogP contribution >= 0.6 is 0 Å². The highest BCUT2D eigenvalue weighted by Crippen LogP contribution is 2.18. The molecule has 1 unspecified atom stereocenters. The molecule has 128 valence electrons. The summed E-state index contributed by atoms with van der Waals surface area (Å²) >= 11 is 0. The Bertz CT molecular complexity index is 655. The van der Waals surface area contributed by atoms with E-state index in [1.54, 1.807) is 6.20 Å². The van der Waals surface area contributed by atoms with Crippen molar-refractivity contribution in [2.24, 2.45) is 16.6 Å². The summed E-state index contributed by atoms with van der Waals surface area (Å²) in [6, 6.07) is 13.9. The molecule has 0 saturated heterocycles. The van der Waals surface area contributed by atoms with Crippen molar-refractivity contribution < 1.29 is 5.11 Å². The standard InChI is InChI=1S/C19H26N4O/c1-14(2)16-6-5-8-18(11-16)23-19(20)22-12-15(13-24)10-17-7-3-4-9-21-17/h3-9,11,14-15,24H,10,12-13H2,1-2H3,(H3,20,22,23). The van der Waals surface area contributed by atoms with Crippen molar-refractivity contribution in [2.45, 2.75) is 26.2 Å². The minimum atomic E-state index is 0.00208. The Balaban J connectivity index is 1.93. The van der Waals surface area contributed by atoms with Gasteiger partial charge in [-0.05, 0) is 42.2 Å². The molecule has 0 bridgehead atoms. The van der Waals surface area contributed by atoms with Crippen LogP contribution in [0.15, 0.2) is 53.7 Å². The van der Waals surface area contributed by atoms with E-state index < -0.39 is 0 Å². The van der Waals surface area contributed by atoms with Crippen molar-refractivity contribution in [1.29, 1.82) is 0 Å². The van der Waals surface area contributed by atoms with Gasteiger partial charge in [0, 0.05) is 36.6 Å². The maximum absolute atomic E-state index is 9.53. The largest absolute Gasteiger partial charge is 0.396 e. The van der Waals surface area contributed by atoms with E-state index in [1.807, 2.05) is 30.3 Å². The Morgan fingerprint density at radius 1 is 1.25 bits per heavy atom. The number of nitrogens with one attached hydrogen (secondary N) is 1. The molecule has 5 heteroatoms. The van der Waals surface area contributed by atoms with Gasteiger partial charge in [-0.15, -0.1) is 0 Å². The van der Waals surface area contributed by atoms with Crippen molar-refractivity contribution >= 4 is 11.6 Å². The highest BCUT2D eigenvalue weighted by atomic mass is 16.3. The fraction of sp³-hybridized carbons (Fsp3) is 0.368. The predicted molar refractivity (Wildman–Crippen MR) is 99.2 cm³/mol. The fourth-order valence-corrected chi connectivity index (χ4v) is 2.39. The molecule has 0 fully saturated rings. The van der Waals surface area contributed by atoms with Crippen molar-refractivity contribution in [3.63, 3.8) is 0 Å². The third kappa shape index (κ3) is 5.66. The van der Waals surface area contributed by atoms with E-state index >= 15 is 0 Å². The van der Waals surface area contributed by atoms with Gasteiger partial charge in [0.1, 0.15) is 0 Å². The fourth-order valence-electron chi connectivity index (χ4n) is 2.39. The number of nitrogens with zero attached hydrogens (tertiary/aromatic N) is 2. The molecule has 0 amide bonds. The van der Waals surface area contributed by atoms with Crippen molar-refractivity contribution in [1.82, 2.24) is 4.98 Å². The predicted octanol–water partition coefficient (Wildman–Crippen LogP) is 2.78. The van der Waals surface area contributed by atoms with E-state index in [9.17, 15) is 5.11 Å². The molecule has 1 heterocycles. The second kappa shape index (κ2) is 9.03. The molecule has 1 aromatic heterocycles. The van der Waals surface area contributed by atoms with Crippen LogP contribution in [0.4, 0.5) is 5.69 Å². The second-order valence-corrected chi connectivity index (χ2v) is 6.20. The van der Waals surface area contributed by atoms with E-state index in [-0.39, 0.29) is 12.5 Å². The lowest BCUT2D eigenvalue weighted by molar-refractivity contribution is 0.229. The van der Waals surface area contributed by atoms with E-state index in [0.717, 1.165) is 11.4 Å². The molecule has 0 aliphatic carbocycles. The van der Waals surface area contributed by atoms with Gasteiger partial charge in [-0.3, -0.25) is 9.98 Å². The Morgan fingerprint density at radius 3 is 2.75 bits per heavy atom. The first kappa shape index (κ1) is 17.9. The van der Waals surface area contributed by atoms with E-state index in [4.69, 9.17) is 5.73 Å². The van der Waals surface area contributed by atoms with Gasteiger partial charge in [0.05, 0.1) is 0 Å². The van der Waals surface area contributed by atoms with Crippen LogP contribution in [0.25, 0.3) is 0 Å². The number of pyridine rings is 1. The van der Waals surface area contributed by atoms with E-state index in [1.165, 1.54) is 5.56 Å². The summed E-state index contributed by atoms with van der Waals surface area (Å²) in [6.45, 7) is 4.81. The number of aliphatic imine (C=N–C) groups is 1. The summed E-state index contributed by atoms with van der Waals surface area (Å²) in [4.78, 5) is 8.64. The Morgan fingerprint density at radius 2 is 2.08 bits per heavy atom. The van der Waals surface area contributed by atoms with Crippen LogP contribution in [-0.4, -0.2) is 29.2 Å². The number of rotatable bonds is 7. The van der Waals surface area contributed by atoms with Crippen LogP contribution in [0, 0.1) is 5.92 Å². The maximum atomic E-state index is 9.53. The molecule has 1 aromatic carbocycles. The number of aliphatic hydroxyl groups excluding tert-OH is 1. The summed E-state index contributed by atoms with van der Waals surface area (Å²) in [5.74, 6) is 0.819. The van der Waals surface area contributed by atoms with Gasteiger partial charge in [0.15, 0.2) is 5.96 Å². The smallest absolute Gasteiger partial charge is 0.193 e. The Labute approximate surface area is 143 Å². The molecule has 0 aliphatic rings. The molecule has 24 heavy (non-hydrogen) atoms. The number of anilines is 1. The van der Waals surface area contributed by atoms with Crippen molar-refractivity contribution in [2.75, 3.05) is 18.5 Å². The average molecular weight is 326 g/mol. The first-order chi connectivity index (χ1) is 11.6. The number of benzene rings is 1. The lowest BCUT2D eigenvalue weighted by Gasteiger charge is -2.13. The zero-order chi connectivity index (χ0) is 17.4. The van der Waals surface area contributed by atoms with Crippen LogP contribution in [0.2, 0.25) is 0 Å². The summed E-state index contributed by atoms with van der Waals surface area (Å²) in [6.07, 6.45) is 2.43. The van der Waals surface area contributed by atoms with Gasteiger partial charge in [-0.2, -0.15) is 0 Å². The van der Waals surface area contributed by atoms with Crippen LogP contribution < -0.4 is 11.1 Å². The topological polar surface area (TPSA) is 83.5 Å². The SMILES string of the molecule is CC(C)c1cccc(NC(N)=NCC(CO)Cc2ccccn2)c1. The van der Waals surface area contributed by atoms with Gasteiger partial charge >= 0.3 is 0 Å². The molecule has 5 nitrogen and oxygen atoms in total. The molecule has 0 saturated carbocycles. The summed E-state index contributed by atoms with van der Waals surface area (Å²) in [5.41, 5.74) is 9.09. The first-order valence-corrected chi connectivity index (χ1v) is 8.26. The molecule has 0 aliphatic heterocycles. The zero-order valence-corrected chi connectivity index (χ0v) is 14.3. The molecule has 4 N–H and O–H groups in total. The lowest BCUT2D eigenvalue weighted by Crippen LogP contribution is -2.25. The van der Waals surface area contributed by atoms with Gasteiger partial charge < -0.3 is 16.2 Å². The van der Waals surface area contributed by atoms with Crippen molar-refractivity contribution in [3.05, 3.63) is 59.9 Å². The number of aliphatic hydroxyl groups is 1. The zero-order valence-electron chi connectivity index (χ0n) is 14.3. The first-order valence-electron chi connectivity index (χ1n) is 8.26. The Hall–Kier alpha value is -2.40. The van der Waals surface area contributed by atoms with Gasteiger partial charge in [-0.1, -0.05) is 32.0 Å². The number of hydrogen-bond donors (Lipinski definition) is 3. The molecule has 2 rings (SSSR count). The normalized spacial score (nSPS) is 13.1. The third-order valence-corrected chi connectivity index (χ3v) is 3.83. The monoisotopic (exact) mass is 326 g/mol. The number of hydrogen-bond acceptors (Lipinski definition) is 3. The van der Waals surface area contributed by atoms with Gasteiger partial charge in [0.2, 0.25) is 0 Å². The van der Waals surface area contributed by atoms with Gasteiger partial charge in [0.25, 0.3) is 0 Å². The number of guanidine groups is 1. The van der Waals surface area contributed by atoms with Crippen LogP contribution in [0.1, 0.15) is 31.0 Å². The number of nitrogens with two attached hydrogens (primary N) is 1. The van der Waals surface area contributed by atoms with E-state index in [0.29, 0.717) is 24.8 Å². The number of aromatic nitrogens is 1. The lowest BCUT2D eigenvalue weighted by atomic mass is 10.0. The maximum Gasteiger partial charge on any atom is 0.193 e. The van der Waals surface area contributed by atoms with Crippen LogP contribution in [0.5, 0.6) is 0 Å². The molecular weight excluding hydrogens is 300 g/mol. The Kier molecular flexibility index (Phi) is 6.75. The molecule has 2 aromatic rings. The minimum Gasteiger partial charge on any atom is -0.396 e. The minimum absolute atomic E-state index is 0.00208. The highest BCUT2D eigenvalue weighted by Gasteiger charge is 2.09. The van der Waals surface area contributed by atoms with Crippen LogP contribution in [0.3, 0.4) is 0 Å². The summed E-state index contributed by atoms with van der Waals surface area (Å²) in [5, 5.41) is 12.6.